The van der Waals surface area contributed by atoms with Crippen LogP contribution in [0.2, 0.25) is 0 Å². The SMILES string of the molecule is CC1CC(c2cccs2)=CCN1. The minimum Gasteiger partial charge on any atom is -0.310 e. The van der Waals surface area contributed by atoms with E-state index in [0.717, 1.165) is 6.54 Å². The predicted molar refractivity (Wildman–Crippen MR) is 54.4 cm³/mol. The van der Waals surface area contributed by atoms with E-state index in [1.807, 2.05) is 11.3 Å². The second kappa shape index (κ2) is 3.42. The zero-order valence-corrected chi connectivity index (χ0v) is 8.03. The normalized spacial score (nSPS) is 23.8. The van der Waals surface area contributed by atoms with Crippen LogP contribution in [-0.4, -0.2) is 12.6 Å². The molecular weight excluding hydrogens is 166 g/mol. The summed E-state index contributed by atoms with van der Waals surface area (Å²) in [6.45, 7) is 3.26. The molecule has 1 N–H and O–H groups in total. The van der Waals surface area contributed by atoms with E-state index < -0.39 is 0 Å². The Morgan fingerprint density at radius 1 is 1.58 bits per heavy atom. The molecule has 0 aliphatic carbocycles. The average Bonchev–Trinajstić information content (AvgIpc) is 2.56. The molecule has 2 heteroatoms. The van der Waals surface area contributed by atoms with E-state index in [1.165, 1.54) is 16.9 Å². The van der Waals surface area contributed by atoms with Crippen LogP contribution < -0.4 is 5.32 Å². The summed E-state index contributed by atoms with van der Waals surface area (Å²) in [6.07, 6.45) is 3.46. The predicted octanol–water partition coefficient (Wildman–Crippen LogP) is 2.51. The first-order valence-electron chi connectivity index (χ1n) is 4.32. The Morgan fingerprint density at radius 2 is 2.50 bits per heavy atom. The van der Waals surface area contributed by atoms with Gasteiger partial charge in [0.05, 0.1) is 0 Å². The highest BCUT2D eigenvalue weighted by molar-refractivity contribution is 7.11. The van der Waals surface area contributed by atoms with Crippen molar-refractivity contribution in [2.75, 3.05) is 6.54 Å². The third-order valence-electron chi connectivity index (χ3n) is 2.18. The Hall–Kier alpha value is -0.600. The van der Waals surface area contributed by atoms with Gasteiger partial charge in [-0.05, 0) is 30.4 Å². The van der Waals surface area contributed by atoms with Gasteiger partial charge in [0.15, 0.2) is 0 Å². The summed E-state index contributed by atoms with van der Waals surface area (Å²) in [4.78, 5) is 1.43. The molecule has 1 aliphatic heterocycles. The van der Waals surface area contributed by atoms with Gasteiger partial charge in [0, 0.05) is 17.5 Å². The molecule has 0 saturated carbocycles. The van der Waals surface area contributed by atoms with Gasteiger partial charge in [-0.2, -0.15) is 0 Å². The van der Waals surface area contributed by atoms with Crippen molar-refractivity contribution in [1.82, 2.24) is 5.32 Å². The first-order valence-corrected chi connectivity index (χ1v) is 5.20. The number of rotatable bonds is 1. The average molecular weight is 179 g/mol. The molecular formula is C10H13NS. The van der Waals surface area contributed by atoms with Gasteiger partial charge >= 0.3 is 0 Å². The maximum absolute atomic E-state index is 3.40. The summed E-state index contributed by atoms with van der Waals surface area (Å²) in [5, 5.41) is 5.54. The maximum atomic E-state index is 3.40. The molecule has 0 aromatic carbocycles. The Bertz CT molecular complexity index is 274. The smallest absolute Gasteiger partial charge is 0.0300 e. The molecule has 0 fully saturated rings. The van der Waals surface area contributed by atoms with Gasteiger partial charge in [-0.15, -0.1) is 11.3 Å². The van der Waals surface area contributed by atoms with Crippen LogP contribution >= 0.6 is 11.3 Å². The van der Waals surface area contributed by atoms with Crippen molar-refractivity contribution in [1.29, 1.82) is 0 Å². The maximum Gasteiger partial charge on any atom is 0.0300 e. The van der Waals surface area contributed by atoms with Crippen molar-refractivity contribution >= 4 is 16.9 Å². The lowest BCUT2D eigenvalue weighted by molar-refractivity contribution is 0.580. The minimum absolute atomic E-state index is 0.632. The highest BCUT2D eigenvalue weighted by Gasteiger charge is 2.11. The third-order valence-corrected chi connectivity index (χ3v) is 3.12. The number of hydrogen-bond donors (Lipinski definition) is 1. The molecule has 64 valence electrons. The summed E-state index contributed by atoms with van der Waals surface area (Å²) in [6, 6.07) is 4.95. The summed E-state index contributed by atoms with van der Waals surface area (Å²) in [7, 11) is 0. The molecule has 2 rings (SSSR count). The van der Waals surface area contributed by atoms with Crippen molar-refractivity contribution in [3.05, 3.63) is 28.5 Å². The first-order chi connectivity index (χ1) is 5.86. The molecule has 1 aromatic heterocycles. The monoisotopic (exact) mass is 179 g/mol. The van der Waals surface area contributed by atoms with Crippen molar-refractivity contribution in [3.63, 3.8) is 0 Å². The van der Waals surface area contributed by atoms with Crippen LogP contribution in [0.15, 0.2) is 23.6 Å². The number of thiophene rings is 1. The van der Waals surface area contributed by atoms with E-state index in [9.17, 15) is 0 Å². The van der Waals surface area contributed by atoms with Crippen LogP contribution in [0.1, 0.15) is 18.2 Å². The Kier molecular flexibility index (Phi) is 2.28. The van der Waals surface area contributed by atoms with E-state index in [4.69, 9.17) is 0 Å². The molecule has 1 atom stereocenters. The Morgan fingerprint density at radius 3 is 3.17 bits per heavy atom. The van der Waals surface area contributed by atoms with Crippen LogP contribution in [-0.2, 0) is 0 Å². The first kappa shape index (κ1) is 8.02. The molecule has 1 aliphatic rings. The minimum atomic E-state index is 0.632. The molecule has 1 nitrogen and oxygen atoms in total. The quantitative estimate of drug-likeness (QED) is 0.698. The van der Waals surface area contributed by atoms with Crippen molar-refractivity contribution in [2.45, 2.75) is 19.4 Å². The van der Waals surface area contributed by atoms with Crippen molar-refractivity contribution < 1.29 is 0 Å². The molecule has 1 unspecified atom stereocenters. The highest BCUT2D eigenvalue weighted by atomic mass is 32.1. The third kappa shape index (κ3) is 1.59. The number of nitrogens with one attached hydrogen (secondary N) is 1. The zero-order chi connectivity index (χ0) is 8.39. The molecule has 12 heavy (non-hydrogen) atoms. The fourth-order valence-electron chi connectivity index (χ4n) is 1.53. The van der Waals surface area contributed by atoms with Crippen LogP contribution in [0.5, 0.6) is 0 Å². The highest BCUT2D eigenvalue weighted by Crippen LogP contribution is 2.25. The lowest BCUT2D eigenvalue weighted by Crippen LogP contribution is -2.29. The van der Waals surface area contributed by atoms with Gasteiger partial charge in [-0.3, -0.25) is 0 Å². The molecule has 0 amide bonds. The van der Waals surface area contributed by atoms with Crippen LogP contribution in [0, 0.1) is 0 Å². The second-order valence-electron chi connectivity index (χ2n) is 3.22. The van der Waals surface area contributed by atoms with Crippen molar-refractivity contribution in [3.8, 4) is 0 Å². The van der Waals surface area contributed by atoms with Gasteiger partial charge in [0.1, 0.15) is 0 Å². The fourth-order valence-corrected chi connectivity index (χ4v) is 2.31. The van der Waals surface area contributed by atoms with E-state index in [2.05, 4.69) is 35.8 Å². The lowest BCUT2D eigenvalue weighted by Gasteiger charge is -2.19. The van der Waals surface area contributed by atoms with E-state index in [-0.39, 0.29) is 0 Å². The van der Waals surface area contributed by atoms with Gasteiger partial charge in [0.25, 0.3) is 0 Å². The van der Waals surface area contributed by atoms with Gasteiger partial charge in [-0.25, -0.2) is 0 Å². The summed E-state index contributed by atoms with van der Waals surface area (Å²) in [5.74, 6) is 0. The largest absolute Gasteiger partial charge is 0.310 e. The lowest BCUT2D eigenvalue weighted by atomic mass is 10.0. The fraction of sp³-hybridized carbons (Fsp3) is 0.400. The van der Waals surface area contributed by atoms with Crippen LogP contribution in [0.3, 0.4) is 0 Å². The van der Waals surface area contributed by atoms with Gasteiger partial charge < -0.3 is 5.32 Å². The topological polar surface area (TPSA) is 12.0 Å². The van der Waals surface area contributed by atoms with Gasteiger partial charge in [-0.1, -0.05) is 12.1 Å². The Labute approximate surface area is 77.1 Å². The molecule has 1 aromatic rings. The second-order valence-corrected chi connectivity index (χ2v) is 4.17. The molecule has 2 heterocycles. The summed E-state index contributed by atoms with van der Waals surface area (Å²) >= 11 is 1.84. The molecule has 0 bridgehead atoms. The van der Waals surface area contributed by atoms with Crippen LogP contribution in [0.25, 0.3) is 5.57 Å². The molecule has 0 spiro atoms. The Balaban J connectivity index is 2.19. The molecule has 0 saturated heterocycles. The summed E-state index contributed by atoms with van der Waals surface area (Å²) < 4.78 is 0. The van der Waals surface area contributed by atoms with Crippen LogP contribution in [0.4, 0.5) is 0 Å². The number of hydrogen-bond acceptors (Lipinski definition) is 2. The van der Waals surface area contributed by atoms with E-state index in [0.29, 0.717) is 6.04 Å². The van der Waals surface area contributed by atoms with E-state index in [1.54, 1.807) is 0 Å². The zero-order valence-electron chi connectivity index (χ0n) is 7.21. The molecule has 0 radical (unpaired) electrons. The summed E-state index contributed by atoms with van der Waals surface area (Å²) in [5.41, 5.74) is 1.51. The van der Waals surface area contributed by atoms with E-state index >= 15 is 0 Å². The van der Waals surface area contributed by atoms with Gasteiger partial charge in [0.2, 0.25) is 0 Å². The van der Waals surface area contributed by atoms with Crippen molar-refractivity contribution in [2.24, 2.45) is 0 Å². The standard InChI is InChI=1S/C10H13NS/c1-8-7-9(4-5-11-8)10-3-2-6-12-10/h2-4,6,8,11H,5,7H2,1H3.